The molecule has 1 aromatic carbocycles. The Hall–Kier alpha value is -1.71. The van der Waals surface area contributed by atoms with E-state index in [0.29, 0.717) is 6.73 Å². The zero-order valence-corrected chi connectivity index (χ0v) is 8.69. The fraction of sp³-hybridized carbons (Fsp3) is 0.364. The molecule has 4 nitrogen and oxygen atoms in total. The molecule has 0 aliphatic carbocycles. The first-order valence-corrected chi connectivity index (χ1v) is 4.93. The van der Waals surface area contributed by atoms with Crippen molar-refractivity contribution in [2.24, 2.45) is 0 Å². The van der Waals surface area contributed by atoms with E-state index in [0.717, 1.165) is 24.3 Å². The largest absolute Gasteiger partial charge is 0.444 e. The second-order valence-corrected chi connectivity index (χ2v) is 3.67. The van der Waals surface area contributed by atoms with Gasteiger partial charge in [-0.1, -0.05) is 6.07 Å². The van der Waals surface area contributed by atoms with E-state index in [1.807, 2.05) is 23.1 Å². The minimum atomic E-state index is -0.257. The van der Waals surface area contributed by atoms with Crippen LogP contribution < -0.4 is 10.6 Å². The third-order valence-electron chi connectivity index (χ3n) is 2.52. The number of carbonyl (C=O) groups is 1. The highest BCUT2D eigenvalue weighted by atomic mass is 16.5. The van der Waals surface area contributed by atoms with E-state index in [9.17, 15) is 4.79 Å². The number of carbonyl (C=O) groups excluding carboxylic acids is 1. The number of nitrogens with two attached hydrogens (primary N) is 1. The molecule has 1 aliphatic heterocycles. The van der Waals surface area contributed by atoms with Gasteiger partial charge in [-0.15, -0.1) is 0 Å². The quantitative estimate of drug-likeness (QED) is 0.582. The average Bonchev–Trinajstić information content (AvgIpc) is 2.57. The van der Waals surface area contributed by atoms with Crippen molar-refractivity contribution in [2.75, 3.05) is 23.9 Å². The van der Waals surface area contributed by atoms with Gasteiger partial charge in [0.2, 0.25) is 0 Å². The van der Waals surface area contributed by atoms with Crippen molar-refractivity contribution >= 4 is 17.3 Å². The molecule has 0 bridgehead atoms. The summed E-state index contributed by atoms with van der Waals surface area (Å²) in [6, 6.07) is 5.85. The second kappa shape index (κ2) is 3.81. The molecule has 1 aliphatic rings. The number of esters is 1. The molecule has 2 rings (SSSR count). The van der Waals surface area contributed by atoms with Crippen molar-refractivity contribution in [3.63, 3.8) is 0 Å². The van der Waals surface area contributed by atoms with E-state index >= 15 is 0 Å². The van der Waals surface area contributed by atoms with Crippen LogP contribution in [0.1, 0.15) is 12.5 Å². The highest BCUT2D eigenvalue weighted by Gasteiger charge is 2.19. The molecule has 0 fully saturated rings. The fourth-order valence-electron chi connectivity index (χ4n) is 1.77. The monoisotopic (exact) mass is 206 g/mol. The van der Waals surface area contributed by atoms with E-state index < -0.39 is 0 Å². The Balaban J connectivity index is 2.13. The van der Waals surface area contributed by atoms with E-state index in [-0.39, 0.29) is 5.97 Å². The summed E-state index contributed by atoms with van der Waals surface area (Å²) in [5.41, 5.74) is 8.79. The van der Waals surface area contributed by atoms with E-state index in [2.05, 4.69) is 0 Å². The Morgan fingerprint density at radius 1 is 1.60 bits per heavy atom. The zero-order valence-electron chi connectivity index (χ0n) is 8.69. The first-order valence-electron chi connectivity index (χ1n) is 4.93. The van der Waals surface area contributed by atoms with Crippen molar-refractivity contribution < 1.29 is 9.53 Å². The molecule has 1 aromatic rings. The molecule has 0 atom stereocenters. The molecule has 0 amide bonds. The van der Waals surface area contributed by atoms with Gasteiger partial charge >= 0.3 is 5.97 Å². The summed E-state index contributed by atoms with van der Waals surface area (Å²) in [5.74, 6) is -0.257. The van der Waals surface area contributed by atoms with Gasteiger partial charge in [0.05, 0.1) is 0 Å². The number of hydrogen-bond acceptors (Lipinski definition) is 4. The Labute approximate surface area is 88.6 Å². The van der Waals surface area contributed by atoms with Crippen LogP contribution in [0.15, 0.2) is 18.2 Å². The lowest BCUT2D eigenvalue weighted by Gasteiger charge is -2.18. The predicted octanol–water partition coefficient (Wildman–Crippen LogP) is 1.15. The average molecular weight is 206 g/mol. The summed E-state index contributed by atoms with van der Waals surface area (Å²) >= 11 is 0. The maximum Gasteiger partial charge on any atom is 0.304 e. The van der Waals surface area contributed by atoms with Gasteiger partial charge in [0.1, 0.15) is 0 Å². The van der Waals surface area contributed by atoms with Crippen LogP contribution in [0.3, 0.4) is 0 Å². The lowest BCUT2D eigenvalue weighted by Crippen LogP contribution is -2.25. The van der Waals surface area contributed by atoms with Gasteiger partial charge in [-0.25, -0.2) is 0 Å². The fourth-order valence-corrected chi connectivity index (χ4v) is 1.77. The Morgan fingerprint density at radius 2 is 2.40 bits per heavy atom. The van der Waals surface area contributed by atoms with Crippen molar-refractivity contribution in [2.45, 2.75) is 13.3 Å². The topological polar surface area (TPSA) is 55.6 Å². The summed E-state index contributed by atoms with van der Waals surface area (Å²) in [7, 11) is 0. The van der Waals surface area contributed by atoms with E-state index in [1.54, 1.807) is 0 Å². The Morgan fingerprint density at radius 3 is 3.13 bits per heavy atom. The van der Waals surface area contributed by atoms with Crippen LogP contribution in [0.2, 0.25) is 0 Å². The Bertz CT molecular complexity index is 390. The zero-order chi connectivity index (χ0) is 10.8. The van der Waals surface area contributed by atoms with Crippen LogP contribution in [0.5, 0.6) is 0 Å². The molecule has 2 N–H and O–H groups in total. The van der Waals surface area contributed by atoms with Crippen LogP contribution in [-0.4, -0.2) is 19.2 Å². The van der Waals surface area contributed by atoms with Crippen molar-refractivity contribution in [3.8, 4) is 0 Å². The summed E-state index contributed by atoms with van der Waals surface area (Å²) in [4.78, 5) is 12.7. The predicted molar refractivity (Wildman–Crippen MR) is 58.5 cm³/mol. The van der Waals surface area contributed by atoms with Gasteiger partial charge < -0.3 is 15.4 Å². The molecule has 0 spiro atoms. The third kappa shape index (κ3) is 2.03. The molecular formula is C11H14N2O2. The smallest absolute Gasteiger partial charge is 0.304 e. The van der Waals surface area contributed by atoms with E-state index in [1.165, 1.54) is 12.5 Å². The number of fused-ring (bicyclic) bond motifs is 1. The molecule has 0 unspecified atom stereocenters. The minimum Gasteiger partial charge on any atom is -0.444 e. The van der Waals surface area contributed by atoms with Crippen LogP contribution in [0.25, 0.3) is 0 Å². The molecule has 1 heterocycles. The van der Waals surface area contributed by atoms with Crippen molar-refractivity contribution in [3.05, 3.63) is 23.8 Å². The van der Waals surface area contributed by atoms with E-state index in [4.69, 9.17) is 10.5 Å². The van der Waals surface area contributed by atoms with Gasteiger partial charge in [-0.3, -0.25) is 4.79 Å². The number of nitrogens with zero attached hydrogens (tertiary/aromatic N) is 1. The summed E-state index contributed by atoms with van der Waals surface area (Å²) in [5, 5.41) is 0. The number of rotatable bonds is 2. The maximum atomic E-state index is 10.7. The number of benzene rings is 1. The van der Waals surface area contributed by atoms with Gasteiger partial charge in [0.15, 0.2) is 6.73 Å². The number of anilines is 2. The standard InChI is InChI=1S/C11H14N2O2/c1-8(14)15-7-13-5-4-9-2-3-10(12)6-11(9)13/h2-3,6H,4-5,7,12H2,1H3. The lowest BCUT2D eigenvalue weighted by molar-refractivity contribution is -0.140. The first-order chi connectivity index (χ1) is 7.16. The highest BCUT2D eigenvalue weighted by Crippen LogP contribution is 2.29. The molecule has 0 radical (unpaired) electrons. The molecule has 15 heavy (non-hydrogen) atoms. The lowest BCUT2D eigenvalue weighted by atomic mass is 10.1. The summed E-state index contributed by atoms with van der Waals surface area (Å²) in [6.07, 6.45) is 0.983. The number of hydrogen-bond donors (Lipinski definition) is 1. The van der Waals surface area contributed by atoms with Crippen molar-refractivity contribution in [1.82, 2.24) is 0 Å². The SMILES string of the molecule is CC(=O)OCN1CCc2ccc(N)cc21. The van der Waals surface area contributed by atoms with Gasteiger partial charge in [-0.2, -0.15) is 0 Å². The minimum absolute atomic E-state index is 0.257. The molecule has 80 valence electrons. The normalized spacial score (nSPS) is 13.8. The van der Waals surface area contributed by atoms with Crippen LogP contribution in [0, 0.1) is 0 Å². The van der Waals surface area contributed by atoms with Crippen LogP contribution >= 0.6 is 0 Å². The molecule has 4 heteroatoms. The van der Waals surface area contributed by atoms with Crippen molar-refractivity contribution in [1.29, 1.82) is 0 Å². The number of ether oxygens (including phenoxy) is 1. The molecular weight excluding hydrogens is 192 g/mol. The van der Waals surface area contributed by atoms with Crippen LogP contribution in [0.4, 0.5) is 11.4 Å². The summed E-state index contributed by atoms with van der Waals surface area (Å²) in [6.45, 7) is 2.61. The molecule has 0 aromatic heterocycles. The highest BCUT2D eigenvalue weighted by molar-refractivity contribution is 5.67. The molecule has 0 saturated heterocycles. The van der Waals surface area contributed by atoms with Gasteiger partial charge in [0.25, 0.3) is 0 Å². The third-order valence-corrected chi connectivity index (χ3v) is 2.52. The number of nitrogen functional groups attached to an aromatic ring is 1. The Kier molecular flexibility index (Phi) is 2.49. The molecule has 0 saturated carbocycles. The second-order valence-electron chi connectivity index (χ2n) is 3.67. The summed E-state index contributed by atoms with van der Waals surface area (Å²) < 4.78 is 4.97. The van der Waals surface area contributed by atoms with Gasteiger partial charge in [0, 0.05) is 24.8 Å². The van der Waals surface area contributed by atoms with Gasteiger partial charge in [-0.05, 0) is 24.1 Å². The van der Waals surface area contributed by atoms with Crippen LogP contribution in [-0.2, 0) is 16.0 Å². The maximum absolute atomic E-state index is 10.7. The first kappa shape index (κ1) is 9.83.